The number of hydrogen-bond donors (Lipinski definition) is 0. The molecule has 0 atom stereocenters. The first-order valence-electron chi connectivity index (χ1n) is 5.71. The number of halogens is 1. The quantitative estimate of drug-likeness (QED) is 0.771. The molecule has 1 aromatic carbocycles. The molecule has 2 aromatic rings. The minimum Gasteiger partial charge on any atom is -0.464 e. The molecular weight excluding hydrogens is 205 g/mol. The third-order valence-corrected chi connectivity index (χ3v) is 3.22. The number of rotatable bonds is 2. The maximum Gasteiger partial charge on any atom is 0.137 e. The topological polar surface area (TPSA) is 16.4 Å². The van der Waals surface area contributed by atoms with E-state index in [2.05, 4.69) is 4.90 Å². The van der Waals surface area contributed by atoms with E-state index in [0.717, 1.165) is 25.2 Å². The average molecular weight is 219 g/mol. The summed E-state index contributed by atoms with van der Waals surface area (Å²) in [7, 11) is 0. The van der Waals surface area contributed by atoms with Crippen molar-refractivity contribution in [3.63, 3.8) is 0 Å². The number of fused-ring (bicyclic) bond motifs is 1. The minimum atomic E-state index is -0.180. The van der Waals surface area contributed by atoms with Gasteiger partial charge in [0.05, 0.1) is 11.6 Å². The highest BCUT2D eigenvalue weighted by Gasteiger charge is 2.16. The number of benzene rings is 1. The number of nitrogens with zero attached hydrogens (tertiary/aromatic N) is 1. The Morgan fingerprint density at radius 2 is 2.06 bits per heavy atom. The van der Waals surface area contributed by atoms with E-state index in [1.165, 1.54) is 18.9 Å². The Morgan fingerprint density at radius 1 is 1.25 bits per heavy atom. The van der Waals surface area contributed by atoms with Gasteiger partial charge < -0.3 is 4.42 Å². The van der Waals surface area contributed by atoms with Gasteiger partial charge in [0.15, 0.2) is 0 Å². The van der Waals surface area contributed by atoms with Crippen molar-refractivity contribution in [2.45, 2.75) is 19.4 Å². The first-order chi connectivity index (χ1) is 7.84. The molecule has 0 bridgehead atoms. The molecule has 0 N–H and O–H groups in total. The molecule has 0 spiro atoms. The van der Waals surface area contributed by atoms with Crippen LogP contribution < -0.4 is 0 Å². The molecule has 16 heavy (non-hydrogen) atoms. The number of hydrogen-bond acceptors (Lipinski definition) is 2. The Labute approximate surface area is 93.7 Å². The number of furan rings is 1. The molecule has 1 saturated heterocycles. The van der Waals surface area contributed by atoms with Crippen LogP contribution in [0.4, 0.5) is 4.39 Å². The van der Waals surface area contributed by atoms with E-state index in [-0.39, 0.29) is 5.82 Å². The first-order valence-corrected chi connectivity index (χ1v) is 5.71. The SMILES string of the molecule is Fc1cccc2occ(CN3CCCC3)c12. The van der Waals surface area contributed by atoms with Crippen molar-refractivity contribution in [2.24, 2.45) is 0 Å². The van der Waals surface area contributed by atoms with Crippen LogP contribution in [0.1, 0.15) is 18.4 Å². The molecule has 2 nitrogen and oxygen atoms in total. The predicted molar refractivity (Wildman–Crippen MR) is 60.7 cm³/mol. The highest BCUT2D eigenvalue weighted by Crippen LogP contribution is 2.26. The summed E-state index contributed by atoms with van der Waals surface area (Å²) in [5.74, 6) is -0.180. The maximum absolute atomic E-state index is 13.7. The summed E-state index contributed by atoms with van der Waals surface area (Å²) in [4.78, 5) is 2.34. The van der Waals surface area contributed by atoms with E-state index in [0.29, 0.717) is 11.0 Å². The molecule has 0 aliphatic carbocycles. The average Bonchev–Trinajstić information content (AvgIpc) is 2.90. The molecular formula is C13H14FNO. The molecule has 3 heteroatoms. The maximum atomic E-state index is 13.7. The second kappa shape index (κ2) is 3.91. The van der Waals surface area contributed by atoms with Gasteiger partial charge >= 0.3 is 0 Å². The van der Waals surface area contributed by atoms with Crippen LogP contribution in [0, 0.1) is 5.82 Å². The highest BCUT2D eigenvalue weighted by atomic mass is 19.1. The van der Waals surface area contributed by atoms with Gasteiger partial charge in [0.25, 0.3) is 0 Å². The molecule has 3 rings (SSSR count). The van der Waals surface area contributed by atoms with Crippen LogP contribution in [0.15, 0.2) is 28.9 Å². The van der Waals surface area contributed by atoms with E-state index < -0.39 is 0 Å². The van der Waals surface area contributed by atoms with Gasteiger partial charge in [-0.25, -0.2) is 4.39 Å². The lowest BCUT2D eigenvalue weighted by Gasteiger charge is -2.12. The van der Waals surface area contributed by atoms with Crippen LogP contribution in [-0.4, -0.2) is 18.0 Å². The normalized spacial score (nSPS) is 17.3. The fraction of sp³-hybridized carbons (Fsp3) is 0.385. The fourth-order valence-corrected chi connectivity index (χ4v) is 2.41. The van der Waals surface area contributed by atoms with Gasteiger partial charge in [-0.15, -0.1) is 0 Å². The first kappa shape index (κ1) is 9.85. The monoisotopic (exact) mass is 219 g/mol. The zero-order valence-electron chi connectivity index (χ0n) is 9.08. The van der Waals surface area contributed by atoms with Crippen LogP contribution >= 0.6 is 0 Å². The van der Waals surface area contributed by atoms with Crippen molar-refractivity contribution >= 4 is 11.0 Å². The Bertz CT molecular complexity index is 500. The summed E-state index contributed by atoms with van der Waals surface area (Å²) >= 11 is 0. The molecule has 1 fully saturated rings. The lowest BCUT2D eigenvalue weighted by atomic mass is 10.1. The van der Waals surface area contributed by atoms with Gasteiger partial charge in [0, 0.05) is 12.1 Å². The van der Waals surface area contributed by atoms with Crippen molar-refractivity contribution < 1.29 is 8.81 Å². The predicted octanol–water partition coefficient (Wildman–Crippen LogP) is 3.17. The van der Waals surface area contributed by atoms with E-state index >= 15 is 0 Å². The summed E-state index contributed by atoms with van der Waals surface area (Å²) in [6.45, 7) is 3.02. The summed E-state index contributed by atoms with van der Waals surface area (Å²) in [6.07, 6.45) is 4.18. The third kappa shape index (κ3) is 1.61. The molecule has 0 amide bonds. The summed E-state index contributed by atoms with van der Waals surface area (Å²) in [5.41, 5.74) is 1.61. The lowest BCUT2D eigenvalue weighted by molar-refractivity contribution is 0.331. The number of likely N-dealkylation sites (tertiary alicyclic amines) is 1. The van der Waals surface area contributed by atoms with Gasteiger partial charge in [0.1, 0.15) is 11.4 Å². The zero-order chi connectivity index (χ0) is 11.0. The fourth-order valence-electron chi connectivity index (χ4n) is 2.41. The van der Waals surface area contributed by atoms with Gasteiger partial charge in [-0.05, 0) is 38.1 Å². The van der Waals surface area contributed by atoms with Crippen LogP contribution in [0.3, 0.4) is 0 Å². The van der Waals surface area contributed by atoms with E-state index in [1.54, 1.807) is 12.3 Å². The van der Waals surface area contributed by atoms with Crippen LogP contribution in [0.25, 0.3) is 11.0 Å². The second-order valence-electron chi connectivity index (χ2n) is 4.36. The van der Waals surface area contributed by atoms with Crippen molar-refractivity contribution in [3.05, 3.63) is 35.8 Å². The zero-order valence-corrected chi connectivity index (χ0v) is 9.08. The molecule has 1 aliphatic heterocycles. The van der Waals surface area contributed by atoms with Crippen molar-refractivity contribution in [2.75, 3.05) is 13.1 Å². The van der Waals surface area contributed by atoms with Gasteiger partial charge in [-0.1, -0.05) is 6.07 Å². The van der Waals surface area contributed by atoms with Crippen molar-refractivity contribution in [1.82, 2.24) is 4.90 Å². The largest absolute Gasteiger partial charge is 0.464 e. The highest BCUT2D eigenvalue weighted by molar-refractivity contribution is 5.81. The minimum absolute atomic E-state index is 0.180. The van der Waals surface area contributed by atoms with Crippen molar-refractivity contribution in [1.29, 1.82) is 0 Å². The van der Waals surface area contributed by atoms with Gasteiger partial charge in [0.2, 0.25) is 0 Å². The van der Waals surface area contributed by atoms with E-state index in [9.17, 15) is 4.39 Å². The molecule has 1 aliphatic rings. The van der Waals surface area contributed by atoms with E-state index in [4.69, 9.17) is 4.42 Å². The molecule has 1 aromatic heterocycles. The molecule has 84 valence electrons. The van der Waals surface area contributed by atoms with Crippen molar-refractivity contribution in [3.8, 4) is 0 Å². The summed E-state index contributed by atoms with van der Waals surface area (Å²) in [6, 6.07) is 4.98. The summed E-state index contributed by atoms with van der Waals surface area (Å²) < 4.78 is 19.0. The second-order valence-corrected chi connectivity index (χ2v) is 4.36. The molecule has 0 radical (unpaired) electrons. The Kier molecular flexibility index (Phi) is 2.40. The van der Waals surface area contributed by atoms with Crippen LogP contribution in [0.2, 0.25) is 0 Å². The Hall–Kier alpha value is -1.35. The Balaban J connectivity index is 1.97. The summed E-state index contributed by atoms with van der Waals surface area (Å²) in [5, 5.41) is 0.648. The van der Waals surface area contributed by atoms with Gasteiger partial charge in [-0.3, -0.25) is 4.90 Å². The molecule has 0 unspecified atom stereocenters. The lowest BCUT2D eigenvalue weighted by Crippen LogP contribution is -2.18. The third-order valence-electron chi connectivity index (χ3n) is 3.22. The van der Waals surface area contributed by atoms with Crippen LogP contribution in [0.5, 0.6) is 0 Å². The van der Waals surface area contributed by atoms with Crippen LogP contribution in [-0.2, 0) is 6.54 Å². The Morgan fingerprint density at radius 3 is 2.88 bits per heavy atom. The molecule has 2 heterocycles. The van der Waals surface area contributed by atoms with Gasteiger partial charge in [-0.2, -0.15) is 0 Å². The smallest absolute Gasteiger partial charge is 0.137 e. The molecule has 0 saturated carbocycles. The standard InChI is InChI=1S/C13H14FNO/c14-11-4-3-5-12-13(11)10(9-16-12)8-15-6-1-2-7-15/h3-5,9H,1-2,6-8H2. The van der Waals surface area contributed by atoms with E-state index in [1.807, 2.05) is 6.07 Å².